The topological polar surface area (TPSA) is 76.1 Å². The van der Waals surface area contributed by atoms with Gasteiger partial charge in [-0.3, -0.25) is 4.79 Å². The summed E-state index contributed by atoms with van der Waals surface area (Å²) in [6.07, 6.45) is 3.32. The third kappa shape index (κ3) is 5.00. The molecule has 1 amide bonds. The number of nitrogens with zero attached hydrogens (tertiary/aromatic N) is 2. The largest absolute Gasteiger partial charge is 0.497 e. The minimum Gasteiger partial charge on any atom is -0.497 e. The Kier molecular flexibility index (Phi) is 6.11. The van der Waals surface area contributed by atoms with Gasteiger partial charge in [0.15, 0.2) is 11.6 Å². The van der Waals surface area contributed by atoms with Crippen molar-refractivity contribution in [2.75, 3.05) is 19.0 Å². The van der Waals surface area contributed by atoms with Crippen LogP contribution in [0.25, 0.3) is 0 Å². The number of halogens is 2. The molecule has 0 unspecified atom stereocenters. The zero-order chi connectivity index (χ0) is 19.9. The summed E-state index contributed by atoms with van der Waals surface area (Å²) in [6, 6.07) is 11.0. The molecule has 3 aromatic rings. The lowest BCUT2D eigenvalue weighted by Gasteiger charge is -2.08. The number of ether oxygens (including phenoxy) is 1. The van der Waals surface area contributed by atoms with Crippen LogP contribution in [0.5, 0.6) is 5.75 Å². The molecule has 0 aliphatic heterocycles. The van der Waals surface area contributed by atoms with Crippen molar-refractivity contribution in [2.24, 2.45) is 0 Å². The molecule has 8 heteroatoms. The highest BCUT2D eigenvalue weighted by Crippen LogP contribution is 2.17. The van der Waals surface area contributed by atoms with E-state index in [-0.39, 0.29) is 11.6 Å². The second kappa shape index (κ2) is 8.90. The third-order valence-electron chi connectivity index (χ3n) is 3.93. The van der Waals surface area contributed by atoms with Crippen molar-refractivity contribution >= 4 is 17.4 Å². The van der Waals surface area contributed by atoms with Gasteiger partial charge in [0.25, 0.3) is 5.91 Å². The maximum absolute atomic E-state index is 13.2. The summed E-state index contributed by atoms with van der Waals surface area (Å²) < 4.78 is 31.3. The SMILES string of the molecule is COc1ccc(CCNC(=O)c2cnc(Nc3ccc(F)c(F)c3)cn2)cc1. The molecule has 2 aromatic carbocycles. The van der Waals surface area contributed by atoms with Gasteiger partial charge in [-0.2, -0.15) is 0 Å². The van der Waals surface area contributed by atoms with Gasteiger partial charge in [0, 0.05) is 18.3 Å². The zero-order valence-corrected chi connectivity index (χ0v) is 15.1. The van der Waals surface area contributed by atoms with E-state index in [1.165, 1.54) is 18.5 Å². The third-order valence-corrected chi connectivity index (χ3v) is 3.93. The summed E-state index contributed by atoms with van der Waals surface area (Å²) in [7, 11) is 1.61. The van der Waals surface area contributed by atoms with E-state index in [2.05, 4.69) is 20.6 Å². The predicted octanol–water partition coefficient (Wildman–Crippen LogP) is 3.48. The van der Waals surface area contributed by atoms with Gasteiger partial charge in [-0.1, -0.05) is 12.1 Å². The zero-order valence-electron chi connectivity index (χ0n) is 15.1. The lowest BCUT2D eigenvalue weighted by atomic mass is 10.1. The molecule has 0 aliphatic rings. The Morgan fingerprint density at radius 1 is 1.04 bits per heavy atom. The molecule has 1 aromatic heterocycles. The van der Waals surface area contributed by atoms with E-state index in [1.54, 1.807) is 7.11 Å². The van der Waals surface area contributed by atoms with Crippen LogP contribution in [-0.4, -0.2) is 29.5 Å². The van der Waals surface area contributed by atoms with E-state index >= 15 is 0 Å². The van der Waals surface area contributed by atoms with Crippen LogP contribution < -0.4 is 15.4 Å². The van der Waals surface area contributed by atoms with Crippen molar-refractivity contribution in [1.82, 2.24) is 15.3 Å². The van der Waals surface area contributed by atoms with E-state index in [9.17, 15) is 13.6 Å². The summed E-state index contributed by atoms with van der Waals surface area (Å²) in [5.41, 5.74) is 1.55. The molecule has 144 valence electrons. The molecular weight excluding hydrogens is 366 g/mol. The van der Waals surface area contributed by atoms with Gasteiger partial charge in [-0.25, -0.2) is 18.7 Å². The van der Waals surface area contributed by atoms with Crippen LogP contribution in [0.4, 0.5) is 20.3 Å². The lowest BCUT2D eigenvalue weighted by Crippen LogP contribution is -2.26. The first kappa shape index (κ1) is 19.2. The molecule has 0 saturated carbocycles. The first-order valence-corrected chi connectivity index (χ1v) is 8.50. The Bertz CT molecular complexity index is 947. The maximum Gasteiger partial charge on any atom is 0.271 e. The van der Waals surface area contributed by atoms with Crippen LogP contribution in [-0.2, 0) is 6.42 Å². The Labute approximate surface area is 160 Å². The van der Waals surface area contributed by atoms with Gasteiger partial charge in [-0.15, -0.1) is 0 Å². The number of nitrogens with one attached hydrogen (secondary N) is 2. The number of methoxy groups -OCH3 is 1. The number of carbonyl (C=O) groups excluding carboxylic acids is 1. The molecule has 3 rings (SSSR count). The molecule has 0 bridgehead atoms. The fourth-order valence-corrected chi connectivity index (χ4v) is 2.43. The monoisotopic (exact) mass is 384 g/mol. The Morgan fingerprint density at radius 3 is 2.46 bits per heavy atom. The Hall–Kier alpha value is -3.55. The molecule has 0 aliphatic carbocycles. The van der Waals surface area contributed by atoms with Crippen LogP contribution in [0, 0.1) is 11.6 Å². The first-order valence-electron chi connectivity index (χ1n) is 8.50. The van der Waals surface area contributed by atoms with Crippen LogP contribution in [0.2, 0.25) is 0 Å². The van der Waals surface area contributed by atoms with E-state index in [0.717, 1.165) is 23.4 Å². The van der Waals surface area contributed by atoms with Gasteiger partial charge in [0.2, 0.25) is 0 Å². The summed E-state index contributed by atoms with van der Waals surface area (Å²) >= 11 is 0. The second-order valence-electron chi connectivity index (χ2n) is 5.89. The van der Waals surface area contributed by atoms with Crippen molar-refractivity contribution in [3.05, 3.63) is 77.8 Å². The molecule has 2 N–H and O–H groups in total. The highest BCUT2D eigenvalue weighted by molar-refractivity contribution is 5.92. The van der Waals surface area contributed by atoms with Crippen LogP contribution in [0.1, 0.15) is 16.1 Å². The Morgan fingerprint density at radius 2 is 1.82 bits per heavy atom. The fraction of sp³-hybridized carbons (Fsp3) is 0.150. The maximum atomic E-state index is 13.2. The first-order chi connectivity index (χ1) is 13.5. The van der Waals surface area contributed by atoms with Crippen molar-refractivity contribution in [1.29, 1.82) is 0 Å². The number of anilines is 2. The van der Waals surface area contributed by atoms with E-state index in [4.69, 9.17) is 4.74 Å². The van der Waals surface area contributed by atoms with Crippen LogP contribution >= 0.6 is 0 Å². The molecular formula is C20H18F2N4O2. The van der Waals surface area contributed by atoms with Gasteiger partial charge < -0.3 is 15.4 Å². The molecule has 6 nitrogen and oxygen atoms in total. The summed E-state index contributed by atoms with van der Waals surface area (Å²) in [5, 5.41) is 5.56. The van der Waals surface area contributed by atoms with Gasteiger partial charge in [0.05, 0.1) is 19.5 Å². The van der Waals surface area contributed by atoms with E-state index in [1.807, 2.05) is 24.3 Å². The number of hydrogen-bond acceptors (Lipinski definition) is 5. The smallest absolute Gasteiger partial charge is 0.271 e. The number of aromatic nitrogens is 2. The molecule has 0 spiro atoms. The van der Waals surface area contributed by atoms with Crippen molar-refractivity contribution in [3.63, 3.8) is 0 Å². The molecule has 0 atom stereocenters. The molecule has 1 heterocycles. The summed E-state index contributed by atoms with van der Waals surface area (Å²) in [6.45, 7) is 0.446. The quantitative estimate of drug-likeness (QED) is 0.652. The molecule has 0 radical (unpaired) electrons. The Balaban J connectivity index is 1.52. The van der Waals surface area contributed by atoms with Crippen molar-refractivity contribution in [3.8, 4) is 5.75 Å². The number of benzene rings is 2. The molecule has 0 fully saturated rings. The summed E-state index contributed by atoms with van der Waals surface area (Å²) in [5.74, 6) is -1.16. The van der Waals surface area contributed by atoms with Gasteiger partial charge >= 0.3 is 0 Å². The summed E-state index contributed by atoms with van der Waals surface area (Å²) in [4.78, 5) is 20.3. The molecule has 28 heavy (non-hydrogen) atoms. The normalized spacial score (nSPS) is 10.4. The predicted molar refractivity (Wildman–Crippen MR) is 101 cm³/mol. The van der Waals surface area contributed by atoms with Crippen LogP contribution in [0.3, 0.4) is 0 Å². The second-order valence-corrected chi connectivity index (χ2v) is 5.89. The number of rotatable bonds is 7. The highest BCUT2D eigenvalue weighted by atomic mass is 19.2. The minimum atomic E-state index is -0.967. The average Bonchev–Trinajstić information content (AvgIpc) is 2.72. The van der Waals surface area contributed by atoms with E-state index in [0.29, 0.717) is 24.5 Å². The molecule has 0 saturated heterocycles. The fourth-order valence-electron chi connectivity index (χ4n) is 2.43. The lowest BCUT2D eigenvalue weighted by molar-refractivity contribution is 0.0949. The van der Waals surface area contributed by atoms with Crippen LogP contribution in [0.15, 0.2) is 54.9 Å². The van der Waals surface area contributed by atoms with E-state index < -0.39 is 11.6 Å². The van der Waals surface area contributed by atoms with Crippen molar-refractivity contribution in [2.45, 2.75) is 6.42 Å². The van der Waals surface area contributed by atoms with Gasteiger partial charge in [0.1, 0.15) is 17.3 Å². The standard InChI is InChI=1S/C20H18F2N4O2/c1-28-15-5-2-13(3-6-15)8-9-23-20(27)18-11-25-19(12-24-18)26-14-4-7-16(21)17(22)10-14/h2-7,10-12H,8-9H2,1H3,(H,23,27)(H,25,26). The highest BCUT2D eigenvalue weighted by Gasteiger charge is 2.08. The van der Waals surface area contributed by atoms with Gasteiger partial charge in [-0.05, 0) is 36.2 Å². The average molecular weight is 384 g/mol. The number of amides is 1. The number of carbonyl (C=O) groups is 1. The number of hydrogen-bond donors (Lipinski definition) is 2. The minimum absolute atomic E-state index is 0.158. The van der Waals surface area contributed by atoms with Crippen molar-refractivity contribution < 1.29 is 18.3 Å².